The fraction of sp³-hybridized carbons (Fsp3) is 0.0667. The van der Waals surface area contributed by atoms with E-state index in [1.807, 2.05) is 0 Å². The molecule has 170 valence electrons. The maximum absolute atomic E-state index is 2.45. The quantitative estimate of drug-likeness (QED) is 0.233. The van der Waals surface area contributed by atoms with Gasteiger partial charge in [-0.25, -0.2) is 0 Å². The summed E-state index contributed by atoms with van der Waals surface area (Å²) in [6.07, 6.45) is 16.6. The number of nitrogens with zero attached hydrogens (tertiary/aromatic N) is 6. The molecule has 6 heteroatoms. The molecule has 1 atom stereocenters. The van der Waals surface area contributed by atoms with Crippen molar-refractivity contribution < 1.29 is 0 Å². The summed E-state index contributed by atoms with van der Waals surface area (Å²) >= 11 is 0. The standard InChI is InChI=1S/C30H20N6/c1-7-19-25-28(34-16-4-10-22(34)31(19)13-1)26-20-8-2-15-33(20)24-12-6-18-36(24)30(26)27-21-9-3-14-32(21)23-11-5-17-35(23)29(25)27/h1-8,10-18,21H,9H2. The fourth-order valence-corrected chi connectivity index (χ4v) is 7.14. The van der Waals surface area contributed by atoms with Crippen LogP contribution in [0.2, 0.25) is 0 Å². The van der Waals surface area contributed by atoms with Crippen molar-refractivity contribution in [2.45, 2.75) is 12.5 Å². The van der Waals surface area contributed by atoms with E-state index >= 15 is 0 Å². The lowest BCUT2D eigenvalue weighted by Gasteiger charge is -2.36. The lowest BCUT2D eigenvalue weighted by molar-refractivity contribution is 0.701. The summed E-state index contributed by atoms with van der Waals surface area (Å²) in [7, 11) is 0. The average Bonchev–Trinajstić information content (AvgIpc) is 3.73. The molecule has 0 saturated carbocycles. The van der Waals surface area contributed by atoms with Gasteiger partial charge in [-0.05, 0) is 67.1 Å². The normalized spacial score (nSPS) is 16.9. The van der Waals surface area contributed by atoms with Gasteiger partial charge in [-0.2, -0.15) is 0 Å². The average molecular weight is 465 g/mol. The van der Waals surface area contributed by atoms with E-state index in [1.165, 1.54) is 61.2 Å². The molecular formula is C30H20N6. The van der Waals surface area contributed by atoms with Crippen LogP contribution in [0.15, 0.2) is 104 Å². The summed E-state index contributed by atoms with van der Waals surface area (Å²) in [6.45, 7) is 0. The van der Waals surface area contributed by atoms with Crippen molar-refractivity contribution in [3.8, 4) is 5.69 Å². The molecule has 9 heterocycles. The highest BCUT2D eigenvalue weighted by molar-refractivity contribution is 6.22. The molecule has 0 spiro atoms. The summed E-state index contributed by atoms with van der Waals surface area (Å²) in [5.41, 5.74) is 10.1. The van der Waals surface area contributed by atoms with Gasteiger partial charge in [0.15, 0.2) is 0 Å². The van der Waals surface area contributed by atoms with Crippen molar-refractivity contribution >= 4 is 50.0 Å². The Bertz CT molecular complexity index is 2260. The molecule has 0 aliphatic carbocycles. The largest absolute Gasteiger partial charge is 0.326 e. The summed E-state index contributed by atoms with van der Waals surface area (Å²) < 4.78 is 11.9. The molecule has 0 amide bonds. The Morgan fingerprint density at radius 2 is 1.25 bits per heavy atom. The Labute approximate surface area is 204 Å². The molecular weight excluding hydrogens is 444 g/mol. The van der Waals surface area contributed by atoms with Crippen LogP contribution in [0.4, 0.5) is 5.82 Å². The first-order valence-corrected chi connectivity index (χ1v) is 12.5. The molecule has 0 bridgehead atoms. The van der Waals surface area contributed by atoms with Crippen LogP contribution in [0.3, 0.4) is 0 Å². The SMILES string of the molecule is C1=CN2c3cccn3-c3c(c4c(c5cccn5c5cccn45)c4c3c3cccn3c3cccn43)C2C1. The topological polar surface area (TPSA) is 25.8 Å². The number of aromatic nitrogens is 5. The first kappa shape index (κ1) is 17.6. The van der Waals surface area contributed by atoms with Gasteiger partial charge >= 0.3 is 0 Å². The Kier molecular flexibility index (Phi) is 2.78. The van der Waals surface area contributed by atoms with E-state index < -0.39 is 0 Å². The molecule has 2 aliphatic heterocycles. The van der Waals surface area contributed by atoms with Gasteiger partial charge in [0.25, 0.3) is 0 Å². The monoisotopic (exact) mass is 464 g/mol. The van der Waals surface area contributed by atoms with Crippen LogP contribution in [0.5, 0.6) is 0 Å². The van der Waals surface area contributed by atoms with Crippen molar-refractivity contribution in [2.24, 2.45) is 0 Å². The van der Waals surface area contributed by atoms with E-state index in [0.29, 0.717) is 0 Å². The van der Waals surface area contributed by atoms with Gasteiger partial charge in [0.2, 0.25) is 0 Å². The third-order valence-electron chi connectivity index (χ3n) is 8.42. The van der Waals surface area contributed by atoms with Crippen LogP contribution >= 0.6 is 0 Å². The van der Waals surface area contributed by atoms with E-state index in [4.69, 9.17) is 0 Å². The number of hydrogen-bond acceptors (Lipinski definition) is 1. The Morgan fingerprint density at radius 1 is 0.611 bits per heavy atom. The second kappa shape index (κ2) is 5.69. The van der Waals surface area contributed by atoms with Crippen molar-refractivity contribution in [3.63, 3.8) is 0 Å². The summed E-state index contributed by atoms with van der Waals surface area (Å²) in [6, 6.07) is 22.3. The van der Waals surface area contributed by atoms with Gasteiger partial charge in [-0.15, -0.1) is 0 Å². The number of anilines is 1. The Hall–Kier alpha value is -4.84. The van der Waals surface area contributed by atoms with E-state index in [9.17, 15) is 0 Å². The van der Waals surface area contributed by atoms with Crippen molar-refractivity contribution in [3.05, 3.63) is 109 Å². The van der Waals surface area contributed by atoms with Gasteiger partial charge in [0.05, 0.1) is 33.8 Å². The second-order valence-corrected chi connectivity index (χ2v) is 9.99. The fourth-order valence-electron chi connectivity index (χ4n) is 7.14. The van der Waals surface area contributed by atoms with E-state index in [2.05, 4.69) is 131 Å². The predicted molar refractivity (Wildman–Crippen MR) is 144 cm³/mol. The lowest BCUT2D eigenvalue weighted by Crippen LogP contribution is -2.28. The first-order chi connectivity index (χ1) is 17.9. The maximum Gasteiger partial charge on any atom is 0.121 e. The van der Waals surface area contributed by atoms with Crippen LogP contribution < -0.4 is 4.90 Å². The second-order valence-electron chi connectivity index (χ2n) is 9.99. The molecule has 2 aliphatic rings. The van der Waals surface area contributed by atoms with Crippen LogP contribution in [0.1, 0.15) is 18.0 Å². The zero-order chi connectivity index (χ0) is 23.1. The van der Waals surface area contributed by atoms with Gasteiger partial charge in [0.1, 0.15) is 17.1 Å². The van der Waals surface area contributed by atoms with Gasteiger partial charge in [0, 0.05) is 53.5 Å². The van der Waals surface area contributed by atoms with E-state index in [0.717, 1.165) is 6.42 Å². The molecule has 36 heavy (non-hydrogen) atoms. The molecule has 1 aromatic carbocycles. The van der Waals surface area contributed by atoms with Crippen molar-refractivity contribution in [1.82, 2.24) is 22.2 Å². The predicted octanol–water partition coefficient (Wildman–Crippen LogP) is 6.57. The number of hydrogen-bond donors (Lipinski definition) is 0. The molecule has 0 N–H and O–H groups in total. The number of rotatable bonds is 0. The molecule has 10 rings (SSSR count). The molecule has 0 radical (unpaired) electrons. The highest BCUT2D eigenvalue weighted by Gasteiger charge is 2.37. The minimum absolute atomic E-state index is 0.257. The van der Waals surface area contributed by atoms with Crippen molar-refractivity contribution in [2.75, 3.05) is 4.90 Å². The van der Waals surface area contributed by atoms with Gasteiger partial charge < -0.3 is 27.1 Å². The lowest BCUT2D eigenvalue weighted by atomic mass is 9.92. The highest BCUT2D eigenvalue weighted by atomic mass is 15.3. The molecule has 8 aromatic rings. The van der Waals surface area contributed by atoms with E-state index in [1.54, 1.807) is 0 Å². The summed E-state index contributed by atoms with van der Waals surface area (Å²) in [5, 5.41) is 2.59. The zero-order valence-corrected chi connectivity index (χ0v) is 19.3. The minimum Gasteiger partial charge on any atom is -0.326 e. The van der Waals surface area contributed by atoms with Crippen LogP contribution in [0, 0.1) is 0 Å². The smallest absolute Gasteiger partial charge is 0.121 e. The molecule has 1 unspecified atom stereocenters. The zero-order valence-electron chi connectivity index (χ0n) is 19.3. The van der Waals surface area contributed by atoms with Crippen LogP contribution in [-0.2, 0) is 0 Å². The summed E-state index contributed by atoms with van der Waals surface area (Å²) in [4.78, 5) is 2.45. The third-order valence-corrected chi connectivity index (χ3v) is 8.42. The van der Waals surface area contributed by atoms with Crippen LogP contribution in [-0.4, -0.2) is 22.2 Å². The Balaban J connectivity index is 1.65. The Morgan fingerprint density at radius 3 is 2.03 bits per heavy atom. The molecule has 7 aromatic heterocycles. The molecule has 0 fully saturated rings. The highest BCUT2D eigenvalue weighted by Crippen LogP contribution is 2.51. The maximum atomic E-state index is 2.45. The number of benzene rings is 1. The number of fused-ring (bicyclic) bond motifs is 21. The molecule has 6 nitrogen and oxygen atoms in total. The van der Waals surface area contributed by atoms with Crippen LogP contribution in [0.25, 0.3) is 49.8 Å². The van der Waals surface area contributed by atoms with Gasteiger partial charge in [-0.3, -0.25) is 0 Å². The molecule has 0 saturated heterocycles. The third kappa shape index (κ3) is 1.74. The van der Waals surface area contributed by atoms with Crippen molar-refractivity contribution in [1.29, 1.82) is 0 Å². The van der Waals surface area contributed by atoms with E-state index in [-0.39, 0.29) is 6.04 Å². The minimum atomic E-state index is 0.257. The summed E-state index contributed by atoms with van der Waals surface area (Å²) in [5.74, 6) is 1.23. The van der Waals surface area contributed by atoms with Gasteiger partial charge in [-0.1, -0.05) is 6.08 Å². The first-order valence-electron chi connectivity index (χ1n) is 12.5.